The molecule has 4 heteroatoms. The zero-order valence-electron chi connectivity index (χ0n) is 14.6. The van der Waals surface area contributed by atoms with Gasteiger partial charge in [0.05, 0.1) is 6.61 Å². The maximum atomic E-state index is 12.6. The zero-order chi connectivity index (χ0) is 17.6. The molecule has 1 saturated heterocycles. The minimum absolute atomic E-state index is 0.139. The van der Waals surface area contributed by atoms with Gasteiger partial charge < -0.3 is 9.64 Å². The average molecular weight is 358 g/mol. The van der Waals surface area contributed by atoms with Crippen LogP contribution in [0.5, 0.6) is 5.75 Å². The number of alkyl halides is 1. The number of likely N-dealkylation sites (tertiary alicyclic amines) is 1. The van der Waals surface area contributed by atoms with Gasteiger partial charge in [0, 0.05) is 24.0 Å². The summed E-state index contributed by atoms with van der Waals surface area (Å²) in [4.78, 5) is 14.5. The highest BCUT2D eigenvalue weighted by Gasteiger charge is 2.25. The summed E-state index contributed by atoms with van der Waals surface area (Å²) in [5.41, 5.74) is 2.97. The summed E-state index contributed by atoms with van der Waals surface area (Å²) in [6, 6.07) is 16.2. The molecule has 25 heavy (non-hydrogen) atoms. The Labute approximate surface area is 154 Å². The Morgan fingerprint density at radius 3 is 2.32 bits per heavy atom. The van der Waals surface area contributed by atoms with E-state index < -0.39 is 0 Å². The first kappa shape index (κ1) is 17.8. The van der Waals surface area contributed by atoms with Crippen molar-refractivity contribution in [2.45, 2.75) is 32.2 Å². The smallest absolute Gasteiger partial charge is 0.254 e. The monoisotopic (exact) mass is 357 g/mol. The molecule has 1 amide bonds. The van der Waals surface area contributed by atoms with Gasteiger partial charge in [-0.15, -0.1) is 11.6 Å². The van der Waals surface area contributed by atoms with E-state index in [1.807, 2.05) is 53.4 Å². The topological polar surface area (TPSA) is 29.5 Å². The molecule has 1 atom stereocenters. The summed E-state index contributed by atoms with van der Waals surface area (Å²) in [6.07, 6.45) is 3.04. The maximum absolute atomic E-state index is 12.6. The number of halogens is 1. The van der Waals surface area contributed by atoms with Crippen LogP contribution in [0.4, 0.5) is 0 Å². The first-order valence-electron chi connectivity index (χ1n) is 8.89. The van der Waals surface area contributed by atoms with Gasteiger partial charge in [0.1, 0.15) is 5.75 Å². The molecule has 2 aromatic rings. The lowest BCUT2D eigenvalue weighted by atomic mass is 10.0. The van der Waals surface area contributed by atoms with Gasteiger partial charge >= 0.3 is 0 Å². The molecular formula is C21H24ClNO2. The summed E-state index contributed by atoms with van der Waals surface area (Å²) < 4.78 is 5.62. The number of amides is 1. The molecule has 3 nitrogen and oxygen atoms in total. The van der Waals surface area contributed by atoms with E-state index in [2.05, 4.69) is 6.92 Å². The van der Waals surface area contributed by atoms with Crippen LogP contribution in [-0.4, -0.2) is 35.9 Å². The van der Waals surface area contributed by atoms with Crippen molar-refractivity contribution in [3.05, 3.63) is 54.1 Å². The summed E-state index contributed by atoms with van der Waals surface area (Å²) in [5.74, 6) is 1.60. The Hall–Kier alpha value is -2.00. The number of benzene rings is 2. The van der Waals surface area contributed by atoms with E-state index in [0.29, 0.717) is 18.5 Å². The van der Waals surface area contributed by atoms with Crippen LogP contribution >= 0.6 is 11.6 Å². The zero-order valence-corrected chi connectivity index (χ0v) is 15.3. The number of carbonyl (C=O) groups is 1. The third kappa shape index (κ3) is 4.35. The van der Waals surface area contributed by atoms with Crippen molar-refractivity contribution in [3.63, 3.8) is 0 Å². The largest absolute Gasteiger partial charge is 0.494 e. The lowest BCUT2D eigenvalue weighted by Crippen LogP contribution is -2.33. The van der Waals surface area contributed by atoms with E-state index in [1.54, 1.807) is 0 Å². The fourth-order valence-electron chi connectivity index (χ4n) is 3.19. The number of hydrogen-bond acceptors (Lipinski definition) is 2. The molecule has 0 spiro atoms. The normalized spacial score (nSPS) is 16.9. The first-order chi connectivity index (χ1) is 12.2. The molecule has 0 aromatic heterocycles. The minimum atomic E-state index is 0.139. The Morgan fingerprint density at radius 2 is 1.76 bits per heavy atom. The summed E-state index contributed by atoms with van der Waals surface area (Å²) in [7, 11) is 0. The fourth-order valence-corrected chi connectivity index (χ4v) is 3.30. The van der Waals surface area contributed by atoms with Crippen molar-refractivity contribution in [1.29, 1.82) is 0 Å². The van der Waals surface area contributed by atoms with Gasteiger partial charge in [-0.25, -0.2) is 0 Å². The average Bonchev–Trinajstić information content (AvgIpc) is 3.08. The van der Waals surface area contributed by atoms with Gasteiger partial charge in [0.25, 0.3) is 5.91 Å². The lowest BCUT2D eigenvalue weighted by molar-refractivity contribution is 0.0747. The summed E-state index contributed by atoms with van der Waals surface area (Å²) >= 11 is 5.65. The molecule has 1 fully saturated rings. The maximum Gasteiger partial charge on any atom is 0.254 e. The van der Waals surface area contributed by atoms with Crippen LogP contribution in [0, 0.1) is 0 Å². The van der Waals surface area contributed by atoms with E-state index in [9.17, 15) is 4.79 Å². The molecule has 0 aliphatic carbocycles. The number of rotatable bonds is 6. The number of hydrogen-bond donors (Lipinski definition) is 0. The van der Waals surface area contributed by atoms with Crippen molar-refractivity contribution in [2.24, 2.45) is 0 Å². The third-order valence-electron chi connectivity index (χ3n) is 4.68. The van der Waals surface area contributed by atoms with Crippen molar-refractivity contribution in [2.75, 3.05) is 19.0 Å². The SMILES string of the molecule is CC1CCCN1C(=O)c1ccc(-c2ccc(OCCCCl)cc2)cc1. The molecule has 1 aliphatic rings. The number of ether oxygens (including phenoxy) is 1. The van der Waals surface area contributed by atoms with E-state index in [4.69, 9.17) is 16.3 Å². The van der Waals surface area contributed by atoms with Gasteiger partial charge in [-0.05, 0) is 61.6 Å². The van der Waals surface area contributed by atoms with Crippen LogP contribution in [0.1, 0.15) is 36.5 Å². The van der Waals surface area contributed by atoms with Gasteiger partial charge in [-0.1, -0.05) is 24.3 Å². The van der Waals surface area contributed by atoms with Gasteiger partial charge in [-0.2, -0.15) is 0 Å². The van der Waals surface area contributed by atoms with Crippen LogP contribution in [-0.2, 0) is 0 Å². The Kier molecular flexibility index (Phi) is 5.98. The Bertz CT molecular complexity index is 697. The number of nitrogens with zero attached hydrogens (tertiary/aromatic N) is 1. The Morgan fingerprint density at radius 1 is 1.12 bits per heavy atom. The van der Waals surface area contributed by atoms with E-state index in [1.165, 1.54) is 0 Å². The quantitative estimate of drug-likeness (QED) is 0.538. The molecule has 0 radical (unpaired) electrons. The summed E-state index contributed by atoms with van der Waals surface area (Å²) in [6.45, 7) is 3.62. The third-order valence-corrected chi connectivity index (χ3v) is 4.95. The molecule has 1 heterocycles. The lowest BCUT2D eigenvalue weighted by Gasteiger charge is -2.21. The van der Waals surface area contributed by atoms with E-state index in [0.717, 1.165) is 48.2 Å². The van der Waals surface area contributed by atoms with Crippen LogP contribution in [0.3, 0.4) is 0 Å². The van der Waals surface area contributed by atoms with Gasteiger partial charge in [0.2, 0.25) is 0 Å². The predicted octanol–water partition coefficient (Wildman–Crippen LogP) is 4.99. The van der Waals surface area contributed by atoms with Crippen LogP contribution < -0.4 is 4.74 Å². The van der Waals surface area contributed by atoms with Gasteiger partial charge in [0.15, 0.2) is 0 Å². The molecule has 2 aromatic carbocycles. The van der Waals surface area contributed by atoms with E-state index in [-0.39, 0.29) is 5.91 Å². The second-order valence-corrected chi connectivity index (χ2v) is 6.86. The van der Waals surface area contributed by atoms with Gasteiger partial charge in [-0.3, -0.25) is 4.79 Å². The molecule has 1 unspecified atom stereocenters. The van der Waals surface area contributed by atoms with Crippen LogP contribution in [0.25, 0.3) is 11.1 Å². The van der Waals surface area contributed by atoms with Crippen molar-refractivity contribution >= 4 is 17.5 Å². The molecule has 132 valence electrons. The van der Waals surface area contributed by atoms with Crippen molar-refractivity contribution in [1.82, 2.24) is 4.90 Å². The molecule has 1 aliphatic heterocycles. The highest BCUT2D eigenvalue weighted by atomic mass is 35.5. The van der Waals surface area contributed by atoms with Crippen LogP contribution in [0.2, 0.25) is 0 Å². The highest BCUT2D eigenvalue weighted by molar-refractivity contribution is 6.17. The van der Waals surface area contributed by atoms with Crippen LogP contribution in [0.15, 0.2) is 48.5 Å². The first-order valence-corrected chi connectivity index (χ1v) is 9.43. The van der Waals surface area contributed by atoms with Crippen molar-refractivity contribution < 1.29 is 9.53 Å². The van der Waals surface area contributed by atoms with E-state index >= 15 is 0 Å². The molecular weight excluding hydrogens is 334 g/mol. The minimum Gasteiger partial charge on any atom is -0.494 e. The molecule has 0 N–H and O–H groups in total. The highest BCUT2D eigenvalue weighted by Crippen LogP contribution is 2.24. The predicted molar refractivity (Wildman–Crippen MR) is 102 cm³/mol. The second-order valence-electron chi connectivity index (χ2n) is 6.48. The number of carbonyl (C=O) groups excluding carboxylic acids is 1. The summed E-state index contributed by atoms with van der Waals surface area (Å²) in [5, 5.41) is 0. The Balaban J connectivity index is 1.66. The molecule has 0 bridgehead atoms. The van der Waals surface area contributed by atoms with Crippen molar-refractivity contribution in [3.8, 4) is 16.9 Å². The second kappa shape index (κ2) is 8.39. The fraction of sp³-hybridized carbons (Fsp3) is 0.381. The molecule has 3 rings (SSSR count). The molecule has 0 saturated carbocycles. The standard InChI is InChI=1S/C21H24ClNO2/c1-16-4-2-14-23(16)21(24)19-7-5-17(6-8-19)18-9-11-20(12-10-18)25-15-3-13-22/h5-12,16H,2-4,13-15H2,1H3.